The lowest BCUT2D eigenvalue weighted by Crippen LogP contribution is -2.07. The molecule has 9 heteroatoms. The molecule has 5 rings (SSSR count). The van der Waals surface area contributed by atoms with E-state index in [4.69, 9.17) is 0 Å². The molecule has 0 fully saturated rings. The van der Waals surface area contributed by atoms with Crippen LogP contribution in [0.5, 0.6) is 0 Å². The van der Waals surface area contributed by atoms with E-state index >= 15 is 0 Å². The molecule has 1 unspecified atom stereocenters. The molecule has 0 aliphatic carbocycles. The molecule has 0 aliphatic heterocycles. The number of hydrogen-bond donors (Lipinski definition) is 0. The van der Waals surface area contributed by atoms with Gasteiger partial charge >= 0.3 is 6.55 Å². The summed E-state index contributed by atoms with van der Waals surface area (Å²) in [6, 6.07) is 18.6. The van der Waals surface area contributed by atoms with Gasteiger partial charge in [0.1, 0.15) is 5.82 Å². The lowest BCUT2D eigenvalue weighted by molar-refractivity contribution is 0.0715. The lowest BCUT2D eigenvalue weighted by Gasteiger charge is -2.16. The summed E-state index contributed by atoms with van der Waals surface area (Å²) in [4.78, 5) is 8.60. The molecular formula is C24H20F2N6S. The number of rotatable bonds is 6. The highest BCUT2D eigenvalue weighted by molar-refractivity contribution is 7.99. The molecular weight excluding hydrogens is 442 g/mol. The summed E-state index contributed by atoms with van der Waals surface area (Å²) in [7, 11) is 0. The van der Waals surface area contributed by atoms with E-state index in [2.05, 4.69) is 20.2 Å². The highest BCUT2D eigenvalue weighted by Gasteiger charge is 2.25. The predicted octanol–water partition coefficient (Wildman–Crippen LogP) is 6.24. The molecule has 0 amide bonds. The Hall–Kier alpha value is -3.59. The zero-order chi connectivity index (χ0) is 22.9. The number of aryl methyl sites for hydroxylation is 1. The van der Waals surface area contributed by atoms with Gasteiger partial charge in [0, 0.05) is 18.0 Å². The smallest absolute Gasteiger partial charge is 0.270 e. The highest BCUT2D eigenvalue weighted by Crippen LogP contribution is 2.39. The number of imidazole rings is 1. The zero-order valence-electron chi connectivity index (χ0n) is 17.9. The summed E-state index contributed by atoms with van der Waals surface area (Å²) in [5.41, 5.74) is 3.78. The molecule has 0 bridgehead atoms. The molecule has 0 N–H and O–H groups in total. The van der Waals surface area contributed by atoms with Crippen LogP contribution in [0.1, 0.15) is 30.1 Å². The molecule has 0 spiro atoms. The number of fused-ring (bicyclic) bond motifs is 1. The topological polar surface area (TPSA) is 61.4 Å². The number of alkyl halides is 2. The monoisotopic (exact) mass is 462 g/mol. The summed E-state index contributed by atoms with van der Waals surface area (Å²) in [5, 5.41) is 9.07. The van der Waals surface area contributed by atoms with E-state index in [1.165, 1.54) is 11.8 Å². The maximum Gasteiger partial charge on any atom is 0.320 e. The van der Waals surface area contributed by atoms with Crippen molar-refractivity contribution >= 4 is 22.8 Å². The van der Waals surface area contributed by atoms with E-state index in [9.17, 15) is 8.78 Å². The molecule has 0 radical (unpaired) electrons. The number of benzene rings is 2. The Morgan fingerprint density at radius 1 is 0.909 bits per heavy atom. The molecule has 166 valence electrons. The van der Waals surface area contributed by atoms with Gasteiger partial charge in [-0.2, -0.15) is 8.78 Å². The molecule has 3 aromatic heterocycles. The third-order valence-electron chi connectivity index (χ3n) is 5.39. The van der Waals surface area contributed by atoms with Gasteiger partial charge in [-0.15, -0.1) is 10.2 Å². The van der Waals surface area contributed by atoms with E-state index in [1.807, 2.05) is 54.8 Å². The minimum absolute atomic E-state index is 0.293. The summed E-state index contributed by atoms with van der Waals surface area (Å²) in [6.45, 7) is 1.17. The first-order chi connectivity index (χ1) is 16.0. The van der Waals surface area contributed by atoms with Gasteiger partial charge in [-0.3, -0.25) is 14.1 Å². The van der Waals surface area contributed by atoms with Crippen LogP contribution in [0.4, 0.5) is 8.78 Å². The maximum atomic E-state index is 14.0. The van der Waals surface area contributed by atoms with E-state index < -0.39 is 11.8 Å². The number of aromatic nitrogens is 6. The predicted molar refractivity (Wildman–Crippen MR) is 125 cm³/mol. The second-order valence-electron chi connectivity index (χ2n) is 7.53. The number of hydrogen-bond acceptors (Lipinski definition) is 5. The number of halogens is 2. The third-order valence-corrected chi connectivity index (χ3v) is 6.43. The van der Waals surface area contributed by atoms with Crippen LogP contribution in [0.25, 0.3) is 28.1 Å². The first-order valence-corrected chi connectivity index (χ1v) is 11.3. The van der Waals surface area contributed by atoms with E-state index in [1.54, 1.807) is 36.7 Å². The van der Waals surface area contributed by atoms with Crippen molar-refractivity contribution in [2.45, 2.75) is 30.8 Å². The molecule has 3 heterocycles. The van der Waals surface area contributed by atoms with E-state index in [0.29, 0.717) is 27.8 Å². The van der Waals surface area contributed by atoms with Crippen LogP contribution >= 0.6 is 11.8 Å². The van der Waals surface area contributed by atoms with Crippen LogP contribution in [-0.4, -0.2) is 29.3 Å². The SMILES string of the molecule is Cc1ccccc1-n1c(SC(C)c2nc3ccccc3n2C(F)F)nnc1-c1ccncc1. The molecule has 5 aromatic rings. The van der Waals surface area contributed by atoms with Gasteiger partial charge in [0.05, 0.1) is 22.0 Å². The Morgan fingerprint density at radius 3 is 2.39 bits per heavy atom. The van der Waals surface area contributed by atoms with Crippen molar-refractivity contribution in [3.05, 3.63) is 84.4 Å². The van der Waals surface area contributed by atoms with Crippen molar-refractivity contribution in [2.24, 2.45) is 0 Å². The summed E-state index contributed by atoms with van der Waals surface area (Å²) < 4.78 is 30.9. The fourth-order valence-electron chi connectivity index (χ4n) is 3.83. The first-order valence-electron chi connectivity index (χ1n) is 10.4. The summed E-state index contributed by atoms with van der Waals surface area (Å²) >= 11 is 1.35. The fourth-order valence-corrected chi connectivity index (χ4v) is 4.80. The van der Waals surface area contributed by atoms with Gasteiger partial charge in [0.2, 0.25) is 0 Å². The summed E-state index contributed by atoms with van der Waals surface area (Å²) in [5.74, 6) is 0.949. The standard InChI is InChI=1S/C24H20F2N6S/c1-15-7-3-5-9-19(15)32-22(17-11-13-27-14-12-17)29-30-24(32)33-16(2)21-28-18-8-4-6-10-20(18)31(21)23(25)26/h3-14,16,23H,1-2H3. The van der Waals surface area contributed by atoms with Crippen molar-refractivity contribution < 1.29 is 8.78 Å². The van der Waals surface area contributed by atoms with Crippen LogP contribution in [0, 0.1) is 6.92 Å². The molecule has 33 heavy (non-hydrogen) atoms. The maximum absolute atomic E-state index is 14.0. The minimum atomic E-state index is -2.70. The van der Waals surface area contributed by atoms with Crippen LogP contribution in [0.3, 0.4) is 0 Å². The number of para-hydroxylation sites is 3. The Balaban J connectivity index is 1.61. The Kier molecular flexibility index (Phi) is 5.63. The minimum Gasteiger partial charge on any atom is -0.270 e. The molecule has 1 atom stereocenters. The highest BCUT2D eigenvalue weighted by atomic mass is 32.2. The average molecular weight is 463 g/mol. The van der Waals surface area contributed by atoms with E-state index in [-0.39, 0.29) is 0 Å². The first kappa shape index (κ1) is 21.3. The van der Waals surface area contributed by atoms with Gasteiger partial charge in [-0.1, -0.05) is 42.1 Å². The van der Waals surface area contributed by atoms with Gasteiger partial charge in [0.15, 0.2) is 11.0 Å². The number of pyridine rings is 1. The van der Waals surface area contributed by atoms with Crippen molar-refractivity contribution in [2.75, 3.05) is 0 Å². The zero-order valence-corrected chi connectivity index (χ0v) is 18.7. The summed E-state index contributed by atoms with van der Waals surface area (Å²) in [6.07, 6.45) is 3.40. The number of nitrogens with zero attached hydrogens (tertiary/aromatic N) is 6. The fraction of sp³-hybridized carbons (Fsp3) is 0.167. The second kappa shape index (κ2) is 8.74. The lowest BCUT2D eigenvalue weighted by atomic mass is 10.2. The van der Waals surface area contributed by atoms with Crippen LogP contribution in [0.2, 0.25) is 0 Å². The Labute approximate surface area is 193 Å². The van der Waals surface area contributed by atoms with Crippen molar-refractivity contribution in [1.29, 1.82) is 0 Å². The van der Waals surface area contributed by atoms with Crippen molar-refractivity contribution in [1.82, 2.24) is 29.3 Å². The van der Waals surface area contributed by atoms with Gasteiger partial charge < -0.3 is 0 Å². The second-order valence-corrected chi connectivity index (χ2v) is 8.84. The molecule has 6 nitrogen and oxygen atoms in total. The van der Waals surface area contributed by atoms with Crippen LogP contribution in [-0.2, 0) is 0 Å². The van der Waals surface area contributed by atoms with Gasteiger partial charge in [-0.25, -0.2) is 4.98 Å². The van der Waals surface area contributed by atoms with Gasteiger partial charge in [0.25, 0.3) is 0 Å². The average Bonchev–Trinajstić information content (AvgIpc) is 3.42. The Bertz CT molecular complexity index is 1410. The van der Waals surface area contributed by atoms with Crippen molar-refractivity contribution in [3.8, 4) is 17.1 Å². The van der Waals surface area contributed by atoms with Gasteiger partial charge in [-0.05, 0) is 49.7 Å². The van der Waals surface area contributed by atoms with Crippen LogP contribution in [0.15, 0.2) is 78.2 Å². The molecule has 0 saturated carbocycles. The van der Waals surface area contributed by atoms with Crippen LogP contribution < -0.4 is 0 Å². The normalized spacial score (nSPS) is 12.5. The quantitative estimate of drug-likeness (QED) is 0.280. The third kappa shape index (κ3) is 3.89. The molecule has 0 aliphatic rings. The molecule has 0 saturated heterocycles. The largest absolute Gasteiger partial charge is 0.320 e. The number of thioether (sulfide) groups is 1. The van der Waals surface area contributed by atoms with E-state index in [0.717, 1.165) is 21.4 Å². The molecule has 2 aromatic carbocycles. The van der Waals surface area contributed by atoms with Crippen molar-refractivity contribution in [3.63, 3.8) is 0 Å². The Morgan fingerprint density at radius 2 is 1.64 bits per heavy atom.